The Kier molecular flexibility index (Phi) is 3.30. The van der Waals surface area contributed by atoms with Crippen LogP contribution in [0.5, 0.6) is 0 Å². The lowest BCUT2D eigenvalue weighted by Gasteiger charge is -2.15. The fourth-order valence-corrected chi connectivity index (χ4v) is 2.14. The summed E-state index contributed by atoms with van der Waals surface area (Å²) in [6, 6.07) is 0. The number of sulfone groups is 1. The molecule has 0 amide bonds. The Morgan fingerprint density at radius 3 is 1.09 bits per heavy atom. The van der Waals surface area contributed by atoms with Crippen LogP contribution in [0, 0.1) is 0 Å². The molecule has 9 heteroatoms. The Labute approximate surface area is 81.3 Å². The molecule has 0 aliphatic rings. The van der Waals surface area contributed by atoms with Gasteiger partial charge in [0.1, 0.15) is 0 Å². The molecule has 0 saturated heterocycles. The molecule has 0 aliphatic heterocycles. The fourth-order valence-electron chi connectivity index (χ4n) is 0.131. The van der Waals surface area contributed by atoms with Crippen molar-refractivity contribution in [3.8, 4) is 0 Å². The minimum atomic E-state index is -5.29. The summed E-state index contributed by atoms with van der Waals surface area (Å²) >= 11 is 17.6. The van der Waals surface area contributed by atoms with E-state index in [0.717, 1.165) is 0 Å². The molecule has 0 rings (SSSR count). The van der Waals surface area contributed by atoms with Gasteiger partial charge in [-0.25, -0.2) is 8.42 Å². The average Bonchev–Trinajstić information content (AvgIpc) is 1.58. The third-order valence-electron chi connectivity index (χ3n) is 0.609. The van der Waals surface area contributed by atoms with E-state index in [9.17, 15) is 17.2 Å². The third-order valence-corrected chi connectivity index (χ3v) is 4.27. The molecule has 0 N–H and O–H groups in total. The zero-order valence-corrected chi connectivity index (χ0v) is 8.33. The maximum atomic E-state index is 12.2. The first-order chi connectivity index (χ1) is 4.50. The highest BCUT2D eigenvalue weighted by Gasteiger charge is 2.55. The van der Waals surface area contributed by atoms with E-state index in [1.807, 2.05) is 0 Å². The van der Waals surface area contributed by atoms with Gasteiger partial charge in [-0.15, -0.1) is 0 Å². The molecule has 0 aromatic rings. The first-order valence-electron chi connectivity index (χ1n) is 1.88. The lowest BCUT2D eigenvalue weighted by molar-refractivity contribution is 0.422. The summed E-state index contributed by atoms with van der Waals surface area (Å²) in [5.41, 5.74) is 0. The van der Waals surface area contributed by atoms with Crippen molar-refractivity contribution in [2.45, 2.75) is 7.84 Å². The molecular formula is C2Cl4F2O2S. The maximum absolute atomic E-state index is 12.2. The zero-order valence-electron chi connectivity index (χ0n) is 4.49. The second-order valence-electron chi connectivity index (χ2n) is 1.39. The number of hydrogen-bond acceptors (Lipinski definition) is 2. The van der Waals surface area contributed by atoms with Crippen LogP contribution in [0.25, 0.3) is 0 Å². The Bertz CT molecular complexity index is 216. The first kappa shape index (κ1) is 12.0. The molecule has 11 heavy (non-hydrogen) atoms. The van der Waals surface area contributed by atoms with Gasteiger partial charge >= 0.3 is 7.84 Å². The Morgan fingerprint density at radius 2 is 1.09 bits per heavy atom. The van der Waals surface area contributed by atoms with Gasteiger partial charge in [-0.1, -0.05) is 0 Å². The molecule has 0 unspecified atom stereocenters. The summed E-state index contributed by atoms with van der Waals surface area (Å²) < 4.78 is 37.5. The fraction of sp³-hybridized carbons (Fsp3) is 1.00. The SMILES string of the molecule is O=S(=O)(C(F)(Cl)Cl)C(F)(Cl)Cl. The number of halogens is 6. The third kappa shape index (κ3) is 2.45. The van der Waals surface area contributed by atoms with E-state index < -0.39 is 17.7 Å². The maximum Gasteiger partial charge on any atom is 0.363 e. The molecule has 0 saturated carbocycles. The van der Waals surface area contributed by atoms with Crippen LogP contribution < -0.4 is 0 Å². The van der Waals surface area contributed by atoms with Crippen LogP contribution >= 0.6 is 46.4 Å². The highest BCUT2D eigenvalue weighted by Crippen LogP contribution is 2.43. The van der Waals surface area contributed by atoms with Gasteiger partial charge < -0.3 is 0 Å². The minimum absolute atomic E-state index is 3.84. The smallest absolute Gasteiger partial charge is 0.217 e. The molecule has 0 aromatic heterocycles. The lowest BCUT2D eigenvalue weighted by atomic mass is 11.7. The van der Waals surface area contributed by atoms with Crippen LogP contribution in [0.4, 0.5) is 8.78 Å². The molecular weight excluding hydrogens is 268 g/mol. The van der Waals surface area contributed by atoms with Gasteiger partial charge in [0.15, 0.2) is 0 Å². The van der Waals surface area contributed by atoms with Gasteiger partial charge in [0, 0.05) is 0 Å². The van der Waals surface area contributed by atoms with Crippen LogP contribution in [-0.4, -0.2) is 16.3 Å². The van der Waals surface area contributed by atoms with E-state index in [0.29, 0.717) is 0 Å². The Morgan fingerprint density at radius 1 is 0.909 bits per heavy atom. The molecule has 0 aliphatic carbocycles. The Hall–Kier alpha value is 0.970. The van der Waals surface area contributed by atoms with Crippen molar-refractivity contribution in [2.24, 2.45) is 0 Å². The predicted octanol–water partition coefficient (Wildman–Crippen LogP) is 2.52. The molecule has 0 heterocycles. The molecule has 0 spiro atoms. The van der Waals surface area contributed by atoms with Crippen molar-refractivity contribution in [1.29, 1.82) is 0 Å². The van der Waals surface area contributed by atoms with Gasteiger partial charge in [0.25, 0.3) is 9.84 Å². The highest BCUT2D eigenvalue weighted by molar-refractivity contribution is 7.99. The van der Waals surface area contributed by atoms with E-state index in [1.165, 1.54) is 0 Å². The van der Waals surface area contributed by atoms with E-state index in [4.69, 9.17) is 0 Å². The van der Waals surface area contributed by atoms with Crippen molar-refractivity contribution < 1.29 is 17.2 Å². The van der Waals surface area contributed by atoms with Gasteiger partial charge in [0.2, 0.25) is 0 Å². The van der Waals surface area contributed by atoms with E-state index in [1.54, 1.807) is 0 Å². The van der Waals surface area contributed by atoms with E-state index in [-0.39, 0.29) is 0 Å². The van der Waals surface area contributed by atoms with Gasteiger partial charge in [-0.3, -0.25) is 0 Å². The molecule has 0 atom stereocenters. The van der Waals surface area contributed by atoms with Crippen molar-refractivity contribution in [2.75, 3.05) is 0 Å². The summed E-state index contributed by atoms with van der Waals surface area (Å²) in [4.78, 5) is 0. The summed E-state index contributed by atoms with van der Waals surface area (Å²) in [5.74, 6) is 0. The van der Waals surface area contributed by atoms with Crippen LogP contribution in [0.2, 0.25) is 0 Å². The van der Waals surface area contributed by atoms with Crippen LogP contribution in [0.3, 0.4) is 0 Å². The standard InChI is InChI=1S/C2Cl4F2O2S/c3-1(4,7)11(9,10)2(5,6)8. The number of alkyl halides is 6. The van der Waals surface area contributed by atoms with E-state index >= 15 is 0 Å². The second kappa shape index (κ2) is 3.03. The van der Waals surface area contributed by atoms with Gasteiger partial charge in [0.05, 0.1) is 0 Å². The van der Waals surface area contributed by atoms with E-state index in [2.05, 4.69) is 46.4 Å². The number of hydrogen-bond donors (Lipinski definition) is 0. The molecule has 68 valence electrons. The molecule has 0 radical (unpaired) electrons. The number of rotatable bonds is 2. The van der Waals surface area contributed by atoms with Crippen LogP contribution in [0.1, 0.15) is 0 Å². The van der Waals surface area contributed by atoms with Crippen molar-refractivity contribution in [1.82, 2.24) is 0 Å². The molecule has 0 fully saturated rings. The molecule has 0 aromatic carbocycles. The highest BCUT2D eigenvalue weighted by atomic mass is 35.5. The normalized spacial score (nSPS) is 15.1. The lowest BCUT2D eigenvalue weighted by Crippen LogP contribution is -2.33. The Balaban J connectivity index is 5.11. The van der Waals surface area contributed by atoms with Crippen molar-refractivity contribution in [3.63, 3.8) is 0 Å². The molecule has 0 bridgehead atoms. The minimum Gasteiger partial charge on any atom is -0.217 e. The summed E-state index contributed by atoms with van der Waals surface area (Å²) in [6.45, 7) is 0. The summed E-state index contributed by atoms with van der Waals surface area (Å²) in [7, 11) is -5.29. The van der Waals surface area contributed by atoms with Crippen LogP contribution in [-0.2, 0) is 9.84 Å². The summed E-state index contributed by atoms with van der Waals surface area (Å²) in [5, 5.41) is 0. The second-order valence-corrected chi connectivity index (χ2v) is 6.89. The largest absolute Gasteiger partial charge is 0.363 e. The first-order valence-corrected chi connectivity index (χ1v) is 4.87. The quantitative estimate of drug-likeness (QED) is 0.721. The average molecular weight is 268 g/mol. The van der Waals surface area contributed by atoms with Crippen molar-refractivity contribution >= 4 is 56.2 Å². The van der Waals surface area contributed by atoms with Crippen LogP contribution in [0.15, 0.2) is 0 Å². The van der Waals surface area contributed by atoms with Gasteiger partial charge in [-0.2, -0.15) is 8.78 Å². The zero-order chi connectivity index (χ0) is 9.50. The molecule has 2 nitrogen and oxygen atoms in total. The van der Waals surface area contributed by atoms with Gasteiger partial charge in [-0.05, 0) is 46.4 Å². The predicted molar refractivity (Wildman–Crippen MR) is 40.0 cm³/mol. The monoisotopic (exact) mass is 266 g/mol. The topological polar surface area (TPSA) is 34.1 Å². The summed E-state index contributed by atoms with van der Waals surface area (Å²) in [6.07, 6.45) is 0. The van der Waals surface area contributed by atoms with Crippen molar-refractivity contribution in [3.05, 3.63) is 0 Å².